The summed E-state index contributed by atoms with van der Waals surface area (Å²) in [6.45, 7) is -0.493. The molecule has 4 nitrogen and oxygen atoms in total. The molecule has 0 amide bonds. The molecule has 8 heteroatoms. The van der Waals surface area contributed by atoms with Gasteiger partial charge in [-0.1, -0.05) is 15.9 Å². The highest BCUT2D eigenvalue weighted by Gasteiger charge is 2.34. The maximum absolute atomic E-state index is 12.9. The topological polar surface area (TPSA) is 50.9 Å². The third-order valence-corrected chi connectivity index (χ3v) is 2.78. The molecule has 0 saturated heterocycles. The Labute approximate surface area is 108 Å². The number of aromatic nitrogens is 3. The van der Waals surface area contributed by atoms with Gasteiger partial charge in [0.1, 0.15) is 12.9 Å². The number of rotatable bonds is 2. The van der Waals surface area contributed by atoms with E-state index in [1.165, 1.54) is 12.1 Å². The number of benzene rings is 1. The van der Waals surface area contributed by atoms with Gasteiger partial charge in [0.05, 0.1) is 11.3 Å². The fourth-order valence-electron chi connectivity index (χ4n) is 1.51. The van der Waals surface area contributed by atoms with Crippen molar-refractivity contribution in [2.24, 2.45) is 0 Å². The standard InChI is InChI=1S/C10H7BrF3N3O/c11-6-1-2-8(7(3-6)10(12,13)14)17-5-15-16-9(17)4-18/h1-3,5,18H,4H2. The van der Waals surface area contributed by atoms with Gasteiger partial charge in [0.25, 0.3) is 0 Å². The van der Waals surface area contributed by atoms with Crippen LogP contribution in [-0.2, 0) is 12.8 Å². The van der Waals surface area contributed by atoms with E-state index in [0.717, 1.165) is 17.0 Å². The molecule has 1 aromatic heterocycles. The van der Waals surface area contributed by atoms with Crippen molar-refractivity contribution < 1.29 is 18.3 Å². The summed E-state index contributed by atoms with van der Waals surface area (Å²) >= 11 is 3.00. The molecule has 0 aliphatic carbocycles. The minimum absolute atomic E-state index is 0.0443. The first-order valence-corrected chi connectivity index (χ1v) is 5.59. The van der Waals surface area contributed by atoms with Crippen LogP contribution in [0.2, 0.25) is 0 Å². The first-order chi connectivity index (χ1) is 8.43. The lowest BCUT2D eigenvalue weighted by Gasteiger charge is -2.14. The Morgan fingerprint density at radius 1 is 1.33 bits per heavy atom. The van der Waals surface area contributed by atoms with Crippen LogP contribution in [0.3, 0.4) is 0 Å². The summed E-state index contributed by atoms with van der Waals surface area (Å²) in [7, 11) is 0. The maximum atomic E-state index is 12.9. The summed E-state index contributed by atoms with van der Waals surface area (Å²) in [4.78, 5) is 0. The zero-order valence-corrected chi connectivity index (χ0v) is 10.4. The van der Waals surface area contributed by atoms with E-state index < -0.39 is 18.3 Å². The second kappa shape index (κ2) is 4.69. The highest BCUT2D eigenvalue weighted by Crippen LogP contribution is 2.35. The zero-order valence-electron chi connectivity index (χ0n) is 8.82. The Morgan fingerprint density at radius 2 is 2.06 bits per heavy atom. The van der Waals surface area contributed by atoms with Crippen LogP contribution < -0.4 is 0 Å². The molecule has 2 aromatic rings. The monoisotopic (exact) mass is 321 g/mol. The largest absolute Gasteiger partial charge is 0.418 e. The van der Waals surface area contributed by atoms with Crippen molar-refractivity contribution in [1.82, 2.24) is 14.8 Å². The molecule has 1 heterocycles. The Morgan fingerprint density at radius 3 is 2.67 bits per heavy atom. The van der Waals surface area contributed by atoms with Gasteiger partial charge < -0.3 is 5.11 Å². The summed E-state index contributed by atoms with van der Waals surface area (Å²) in [5, 5.41) is 16.0. The molecule has 0 unspecified atom stereocenters. The second-order valence-corrected chi connectivity index (χ2v) is 4.35. The molecule has 0 spiro atoms. The molecule has 0 atom stereocenters. The Balaban J connectivity index is 2.65. The molecule has 0 saturated carbocycles. The number of nitrogens with zero attached hydrogens (tertiary/aromatic N) is 3. The van der Waals surface area contributed by atoms with Gasteiger partial charge in [-0.15, -0.1) is 10.2 Å². The molecule has 1 aromatic carbocycles. The molecule has 0 radical (unpaired) electrons. The fraction of sp³-hybridized carbons (Fsp3) is 0.200. The van der Waals surface area contributed by atoms with Crippen molar-refractivity contribution in [3.05, 3.63) is 40.4 Å². The van der Waals surface area contributed by atoms with Crippen molar-refractivity contribution in [2.45, 2.75) is 12.8 Å². The first kappa shape index (κ1) is 13.0. The van der Waals surface area contributed by atoms with Crippen molar-refractivity contribution in [3.63, 3.8) is 0 Å². The number of aliphatic hydroxyl groups excluding tert-OH is 1. The first-order valence-electron chi connectivity index (χ1n) is 4.80. The molecule has 0 fully saturated rings. The highest BCUT2D eigenvalue weighted by molar-refractivity contribution is 9.10. The van der Waals surface area contributed by atoms with E-state index in [0.29, 0.717) is 4.47 Å². The average molecular weight is 322 g/mol. The van der Waals surface area contributed by atoms with Crippen LogP contribution in [0.25, 0.3) is 5.69 Å². The van der Waals surface area contributed by atoms with E-state index in [2.05, 4.69) is 26.1 Å². The Bertz CT molecular complexity index is 568. The van der Waals surface area contributed by atoms with Gasteiger partial charge in [-0.2, -0.15) is 13.2 Å². The predicted molar refractivity (Wildman–Crippen MR) is 60.0 cm³/mol. The van der Waals surface area contributed by atoms with Gasteiger partial charge in [-0.05, 0) is 18.2 Å². The van der Waals surface area contributed by atoms with E-state index in [-0.39, 0.29) is 11.5 Å². The smallest absolute Gasteiger partial charge is 0.388 e. The molecule has 0 aliphatic rings. The van der Waals surface area contributed by atoms with E-state index in [1.54, 1.807) is 0 Å². The molecule has 1 N–H and O–H groups in total. The van der Waals surface area contributed by atoms with Gasteiger partial charge in [0, 0.05) is 4.47 Å². The quantitative estimate of drug-likeness (QED) is 0.924. The highest BCUT2D eigenvalue weighted by atomic mass is 79.9. The van der Waals surface area contributed by atoms with Gasteiger partial charge in [0.2, 0.25) is 0 Å². The summed E-state index contributed by atoms with van der Waals surface area (Å²) in [6.07, 6.45) is -3.37. The predicted octanol–water partition coefficient (Wildman–Crippen LogP) is 2.54. The molecule has 96 valence electrons. The third-order valence-electron chi connectivity index (χ3n) is 2.28. The lowest BCUT2D eigenvalue weighted by molar-refractivity contribution is -0.137. The van der Waals surface area contributed by atoms with E-state index >= 15 is 0 Å². The van der Waals surface area contributed by atoms with E-state index in [1.807, 2.05) is 0 Å². The lowest BCUT2D eigenvalue weighted by atomic mass is 10.1. The van der Waals surface area contributed by atoms with Crippen LogP contribution in [0.5, 0.6) is 0 Å². The molecule has 2 rings (SSSR count). The maximum Gasteiger partial charge on any atom is 0.418 e. The molecule has 18 heavy (non-hydrogen) atoms. The van der Waals surface area contributed by atoms with Crippen molar-refractivity contribution in [2.75, 3.05) is 0 Å². The van der Waals surface area contributed by atoms with Crippen molar-refractivity contribution in [1.29, 1.82) is 0 Å². The third kappa shape index (κ3) is 2.39. The van der Waals surface area contributed by atoms with Gasteiger partial charge in [-0.3, -0.25) is 4.57 Å². The number of aliphatic hydroxyl groups is 1. The van der Waals surface area contributed by atoms with E-state index in [9.17, 15) is 13.2 Å². The van der Waals surface area contributed by atoms with Crippen LogP contribution in [0.1, 0.15) is 11.4 Å². The van der Waals surface area contributed by atoms with Crippen LogP contribution in [0.4, 0.5) is 13.2 Å². The normalized spacial score (nSPS) is 11.8. The summed E-state index contributed by atoms with van der Waals surface area (Å²) in [6, 6.07) is 3.73. The van der Waals surface area contributed by atoms with Crippen LogP contribution in [-0.4, -0.2) is 19.9 Å². The Kier molecular flexibility index (Phi) is 3.40. The minimum atomic E-state index is -4.50. The Hall–Kier alpha value is -1.41. The second-order valence-electron chi connectivity index (χ2n) is 3.43. The number of hydrogen-bond acceptors (Lipinski definition) is 3. The fourth-order valence-corrected chi connectivity index (χ4v) is 1.87. The van der Waals surface area contributed by atoms with Crippen molar-refractivity contribution >= 4 is 15.9 Å². The molecular weight excluding hydrogens is 315 g/mol. The summed E-state index contributed by atoms with van der Waals surface area (Å²) in [5.74, 6) is 0.0443. The van der Waals surface area contributed by atoms with Crippen LogP contribution in [0.15, 0.2) is 29.0 Å². The molecular formula is C10H7BrF3N3O. The lowest BCUT2D eigenvalue weighted by Crippen LogP contribution is -2.12. The minimum Gasteiger partial charge on any atom is -0.388 e. The summed E-state index contributed by atoms with van der Waals surface area (Å²) < 4.78 is 40.2. The zero-order chi connectivity index (χ0) is 13.3. The van der Waals surface area contributed by atoms with Gasteiger partial charge in [0.15, 0.2) is 5.82 Å². The molecule has 0 aliphatic heterocycles. The number of alkyl halides is 3. The van der Waals surface area contributed by atoms with Gasteiger partial charge >= 0.3 is 6.18 Å². The number of halogens is 4. The summed E-state index contributed by atoms with van der Waals surface area (Å²) in [5.41, 5.74) is -0.953. The average Bonchev–Trinajstić information content (AvgIpc) is 2.75. The van der Waals surface area contributed by atoms with Gasteiger partial charge in [-0.25, -0.2) is 0 Å². The van der Waals surface area contributed by atoms with E-state index in [4.69, 9.17) is 5.11 Å². The molecule has 0 bridgehead atoms. The van der Waals surface area contributed by atoms with Crippen LogP contribution >= 0.6 is 15.9 Å². The number of hydrogen-bond donors (Lipinski definition) is 1. The van der Waals surface area contributed by atoms with Crippen LogP contribution in [0, 0.1) is 0 Å². The van der Waals surface area contributed by atoms with Crippen molar-refractivity contribution in [3.8, 4) is 5.69 Å². The SMILES string of the molecule is OCc1nncn1-c1ccc(Br)cc1C(F)(F)F.